The molecule has 0 radical (unpaired) electrons. The number of ether oxygens (including phenoxy) is 3. The predicted molar refractivity (Wildman–Crippen MR) is 236 cm³/mol. The molecule has 7 nitrogen and oxygen atoms in total. The smallest absolute Gasteiger partial charge is 0.333 e. The molecule has 3 aromatic rings. The molecule has 0 spiro atoms. The van der Waals surface area contributed by atoms with Crippen LogP contribution >= 0.6 is 0 Å². The molecule has 0 heterocycles. The molecule has 4 rings (SSSR count). The van der Waals surface area contributed by atoms with Crippen molar-refractivity contribution in [2.45, 2.75) is 130 Å². The maximum Gasteiger partial charge on any atom is 0.333 e. The molecule has 1 saturated carbocycles. The van der Waals surface area contributed by atoms with Gasteiger partial charge in [-0.2, -0.15) is 0 Å². The largest absolute Gasteiger partial charge is 0.493 e. The highest BCUT2D eigenvalue weighted by Crippen LogP contribution is 2.39. The first-order valence-corrected chi connectivity index (χ1v) is 21.9. The van der Waals surface area contributed by atoms with E-state index in [1.165, 1.54) is 62.5 Å². The van der Waals surface area contributed by atoms with Gasteiger partial charge in [0.15, 0.2) is 0 Å². The third-order valence-corrected chi connectivity index (χ3v) is 11.9. The molecule has 0 aliphatic heterocycles. The summed E-state index contributed by atoms with van der Waals surface area (Å²) in [4.78, 5) is 24.3. The van der Waals surface area contributed by atoms with Gasteiger partial charge in [-0.25, -0.2) is 9.59 Å². The molecule has 0 aromatic heterocycles. The van der Waals surface area contributed by atoms with E-state index in [1.54, 1.807) is 13.8 Å². The van der Waals surface area contributed by atoms with Crippen LogP contribution in [0.2, 0.25) is 0 Å². The number of carbonyl (C=O) groups excluding carboxylic acids is 2. The molecule has 0 atom stereocenters. The summed E-state index contributed by atoms with van der Waals surface area (Å²) in [5.74, 6) is 1.48. The van der Waals surface area contributed by atoms with Gasteiger partial charge in [-0.15, -0.1) is 0 Å². The Hall–Kier alpha value is -4.20. The van der Waals surface area contributed by atoms with Crippen molar-refractivity contribution in [3.63, 3.8) is 0 Å². The van der Waals surface area contributed by atoms with Crippen molar-refractivity contribution in [2.75, 3.05) is 33.0 Å². The van der Waals surface area contributed by atoms with Crippen molar-refractivity contribution in [3.8, 4) is 28.0 Å². The summed E-state index contributed by atoms with van der Waals surface area (Å²) < 4.78 is 17.5. The second-order valence-corrected chi connectivity index (χ2v) is 16.7. The highest BCUT2D eigenvalue weighted by atomic mass is 16.5. The SMILES string of the molecule is C=C(C)C(=O)OCCCc1cc(-c2ccc(-c3ccc(C4CCC(CCCCC)CC4)cc3)cc2)cc(CCCOC(=O)C(=C)C)c1OCCC(CO)(CO)CCC. The second kappa shape index (κ2) is 24.0. The minimum absolute atomic E-state index is 0.123. The van der Waals surface area contributed by atoms with Gasteiger partial charge in [0.25, 0.3) is 0 Å². The molecule has 1 aliphatic rings. The van der Waals surface area contributed by atoms with E-state index in [2.05, 4.69) is 80.7 Å². The lowest BCUT2D eigenvalue weighted by molar-refractivity contribution is -0.139. The van der Waals surface area contributed by atoms with E-state index in [0.717, 1.165) is 45.9 Å². The monoisotopic (exact) mass is 795 g/mol. The Morgan fingerprint density at radius 2 is 1.16 bits per heavy atom. The number of benzene rings is 3. The first-order chi connectivity index (χ1) is 28.0. The van der Waals surface area contributed by atoms with Gasteiger partial charge in [-0.3, -0.25) is 0 Å². The summed E-state index contributed by atoms with van der Waals surface area (Å²) >= 11 is 0. The van der Waals surface area contributed by atoms with Crippen LogP contribution in [0.5, 0.6) is 5.75 Å². The van der Waals surface area contributed by atoms with E-state index < -0.39 is 17.4 Å². The molecule has 58 heavy (non-hydrogen) atoms. The summed E-state index contributed by atoms with van der Waals surface area (Å²) in [6.07, 6.45) is 15.1. The average Bonchev–Trinajstić information content (AvgIpc) is 3.24. The number of aliphatic hydroxyl groups is 2. The normalized spacial score (nSPS) is 15.5. The zero-order chi connectivity index (χ0) is 41.9. The molecule has 1 aliphatic carbocycles. The standard InChI is InChI=1S/C51H70O7/c1-7-9-10-13-39-16-18-40(19-17-39)41-20-22-42(23-21-41)43-24-26-44(27-25-43)47-33-45(14-11-30-57-49(54)37(3)4)48(56-32-29-51(35-52,36-53)28-8-2)46(34-47)15-12-31-58-50(55)38(5)6/h20-27,33-34,39-40,52-53H,3,5,7-19,28-32,35-36H2,1-2,4,6H3. The maximum absolute atomic E-state index is 12.1. The average molecular weight is 795 g/mol. The van der Waals surface area contributed by atoms with Crippen LogP contribution < -0.4 is 4.74 Å². The van der Waals surface area contributed by atoms with E-state index >= 15 is 0 Å². The Kier molecular flexibility index (Phi) is 19.3. The quantitative estimate of drug-likeness (QED) is 0.0500. The lowest BCUT2D eigenvalue weighted by Crippen LogP contribution is -2.31. The van der Waals surface area contributed by atoms with E-state index in [9.17, 15) is 19.8 Å². The van der Waals surface area contributed by atoms with Crippen LogP contribution in [0, 0.1) is 11.3 Å². The van der Waals surface area contributed by atoms with Gasteiger partial charge in [0, 0.05) is 16.6 Å². The summed E-state index contributed by atoms with van der Waals surface area (Å²) in [6, 6.07) is 22.2. The van der Waals surface area contributed by atoms with Gasteiger partial charge in [0.2, 0.25) is 0 Å². The number of unbranched alkanes of at least 4 members (excludes halogenated alkanes) is 2. The van der Waals surface area contributed by atoms with Gasteiger partial charge >= 0.3 is 11.9 Å². The van der Waals surface area contributed by atoms with Gasteiger partial charge in [0.1, 0.15) is 5.75 Å². The molecule has 0 unspecified atom stereocenters. The van der Waals surface area contributed by atoms with E-state index in [4.69, 9.17) is 14.2 Å². The molecular formula is C51H70O7. The van der Waals surface area contributed by atoms with Gasteiger partial charge in [0.05, 0.1) is 33.0 Å². The lowest BCUT2D eigenvalue weighted by atomic mass is 9.77. The zero-order valence-electron chi connectivity index (χ0n) is 35.9. The molecule has 7 heteroatoms. The van der Waals surface area contributed by atoms with Crippen molar-refractivity contribution in [1.29, 1.82) is 0 Å². The first kappa shape index (κ1) is 46.5. The summed E-state index contributed by atoms with van der Waals surface area (Å²) in [5, 5.41) is 20.4. The van der Waals surface area contributed by atoms with E-state index in [1.807, 2.05) is 6.92 Å². The highest BCUT2D eigenvalue weighted by Gasteiger charge is 2.28. The van der Waals surface area contributed by atoms with Crippen LogP contribution in [-0.4, -0.2) is 55.2 Å². The van der Waals surface area contributed by atoms with E-state index in [0.29, 0.717) is 62.2 Å². The third kappa shape index (κ3) is 14.0. The van der Waals surface area contributed by atoms with Crippen LogP contribution in [0.25, 0.3) is 22.3 Å². The summed E-state index contributed by atoms with van der Waals surface area (Å²) in [6.45, 7) is 15.5. The van der Waals surface area contributed by atoms with Gasteiger partial charge < -0.3 is 24.4 Å². The summed E-state index contributed by atoms with van der Waals surface area (Å²) in [7, 11) is 0. The van der Waals surface area contributed by atoms with Gasteiger partial charge in [-0.1, -0.05) is 108 Å². The number of rotatable bonds is 25. The fraction of sp³-hybridized carbons (Fsp3) is 0.529. The fourth-order valence-corrected chi connectivity index (χ4v) is 8.24. The Labute approximate surface area is 348 Å². The number of aliphatic hydroxyl groups excluding tert-OH is 2. The summed E-state index contributed by atoms with van der Waals surface area (Å²) in [5.41, 5.74) is 7.97. The Bertz CT molecular complexity index is 1690. The Balaban J connectivity index is 1.58. The zero-order valence-corrected chi connectivity index (χ0v) is 35.9. The molecular weight excluding hydrogens is 725 g/mol. The fourth-order valence-electron chi connectivity index (χ4n) is 8.24. The van der Waals surface area contributed by atoms with Gasteiger partial charge in [-0.05, 0) is 141 Å². The lowest BCUT2D eigenvalue weighted by Gasteiger charge is -2.30. The van der Waals surface area contributed by atoms with E-state index in [-0.39, 0.29) is 26.4 Å². The number of aryl methyl sites for hydroxylation is 2. The number of hydrogen-bond acceptors (Lipinski definition) is 7. The van der Waals surface area contributed by atoms with Crippen LogP contribution in [0.15, 0.2) is 85.0 Å². The van der Waals surface area contributed by atoms with Crippen molar-refractivity contribution in [2.24, 2.45) is 11.3 Å². The van der Waals surface area contributed by atoms with Crippen LogP contribution in [-0.2, 0) is 31.9 Å². The van der Waals surface area contributed by atoms with Crippen LogP contribution in [0.4, 0.5) is 0 Å². The number of hydrogen-bond donors (Lipinski definition) is 2. The molecule has 3 aromatic carbocycles. The second-order valence-electron chi connectivity index (χ2n) is 16.7. The van der Waals surface area contributed by atoms with Crippen molar-refractivity contribution >= 4 is 11.9 Å². The molecule has 0 saturated heterocycles. The third-order valence-electron chi connectivity index (χ3n) is 11.9. The van der Waals surface area contributed by atoms with Crippen LogP contribution in [0.3, 0.4) is 0 Å². The number of esters is 2. The molecule has 2 N–H and O–H groups in total. The molecule has 1 fully saturated rings. The highest BCUT2D eigenvalue weighted by molar-refractivity contribution is 5.87. The minimum atomic E-state index is -0.627. The first-order valence-electron chi connectivity index (χ1n) is 21.9. The molecule has 0 bridgehead atoms. The topological polar surface area (TPSA) is 102 Å². The Morgan fingerprint density at radius 3 is 1.62 bits per heavy atom. The number of carbonyl (C=O) groups is 2. The predicted octanol–water partition coefficient (Wildman–Crippen LogP) is 11.5. The maximum atomic E-state index is 12.1. The van der Waals surface area contributed by atoms with Crippen molar-refractivity contribution in [1.82, 2.24) is 0 Å². The van der Waals surface area contributed by atoms with Crippen LogP contribution in [0.1, 0.15) is 134 Å². The van der Waals surface area contributed by atoms with Crippen molar-refractivity contribution < 1.29 is 34.0 Å². The molecule has 316 valence electrons. The molecule has 0 amide bonds. The van der Waals surface area contributed by atoms with Crippen molar-refractivity contribution in [3.05, 3.63) is 102 Å². The minimum Gasteiger partial charge on any atom is -0.493 e. The Morgan fingerprint density at radius 1 is 0.655 bits per heavy atom.